The number of carbonyl (C=O) groups is 1. The van der Waals surface area contributed by atoms with Gasteiger partial charge in [-0.1, -0.05) is 47.0 Å². The van der Waals surface area contributed by atoms with Crippen molar-refractivity contribution in [3.05, 3.63) is 63.5 Å². The summed E-state index contributed by atoms with van der Waals surface area (Å²) in [7, 11) is 0. The lowest BCUT2D eigenvalue weighted by Crippen LogP contribution is -2.30. The number of benzene rings is 1. The van der Waals surface area contributed by atoms with Crippen LogP contribution in [0, 0.1) is 12.3 Å². The maximum absolute atomic E-state index is 13.0. The maximum Gasteiger partial charge on any atom is 0.195 e. The normalized spacial score (nSPS) is 19.5. The third kappa shape index (κ3) is 3.15. The fourth-order valence-corrected chi connectivity index (χ4v) is 3.73. The van der Waals surface area contributed by atoms with Crippen molar-refractivity contribution in [1.29, 1.82) is 0 Å². The van der Waals surface area contributed by atoms with Crippen LogP contribution in [-0.4, -0.2) is 18.9 Å². The highest BCUT2D eigenvalue weighted by Gasteiger charge is 2.26. The first-order valence-electron chi connectivity index (χ1n) is 7.62. The third-order valence-corrected chi connectivity index (χ3v) is 4.91. The van der Waals surface area contributed by atoms with E-state index in [2.05, 4.69) is 11.7 Å². The molecule has 115 valence electrons. The zero-order valence-corrected chi connectivity index (χ0v) is 13.8. The van der Waals surface area contributed by atoms with Crippen molar-refractivity contribution in [2.45, 2.75) is 19.3 Å². The van der Waals surface area contributed by atoms with E-state index in [9.17, 15) is 4.79 Å². The molecule has 0 aromatic heterocycles. The number of piperidine rings is 1. The molecule has 3 rings (SSSR count). The predicted octanol–water partition coefficient (Wildman–Crippen LogP) is 4.64. The molecule has 0 spiro atoms. The van der Waals surface area contributed by atoms with Crippen LogP contribution in [0.5, 0.6) is 0 Å². The molecular formula is C18H18Cl2NO. The summed E-state index contributed by atoms with van der Waals surface area (Å²) in [4.78, 5) is 13.0. The van der Waals surface area contributed by atoms with Crippen LogP contribution < -0.4 is 5.32 Å². The first-order chi connectivity index (χ1) is 10.7. The summed E-state index contributed by atoms with van der Waals surface area (Å²) in [5, 5.41) is 4.19. The van der Waals surface area contributed by atoms with Gasteiger partial charge in [0.2, 0.25) is 0 Å². The zero-order valence-electron chi connectivity index (χ0n) is 12.2. The highest BCUT2D eigenvalue weighted by atomic mass is 35.5. The Kier molecular flexibility index (Phi) is 5.02. The standard InChI is InChI=1S/C18H18Cl2NO/c19-15-6-3-7-16(20)17(15)18(22)14-5-2-1-4-13(14)12-8-10-21-11-9-12/h2-7,12,21H,1,8-11H2. The molecule has 0 unspecified atom stereocenters. The number of Topliss-reactive ketones (excluding diaryl/α,β-unsaturated/α-hetero) is 1. The molecule has 4 heteroatoms. The third-order valence-electron chi connectivity index (χ3n) is 4.28. The number of halogens is 2. The molecule has 1 aliphatic carbocycles. The minimum absolute atomic E-state index is 0.0728. The molecule has 0 amide bonds. The summed E-state index contributed by atoms with van der Waals surface area (Å²) in [6.45, 7) is 2.00. The van der Waals surface area contributed by atoms with Crippen molar-refractivity contribution in [2.24, 2.45) is 5.92 Å². The Hall–Kier alpha value is -1.09. The molecule has 1 aromatic carbocycles. The van der Waals surface area contributed by atoms with Crippen LogP contribution in [0.15, 0.2) is 41.5 Å². The minimum atomic E-state index is -0.0728. The number of ketones is 1. The van der Waals surface area contributed by atoms with Gasteiger partial charge in [-0.2, -0.15) is 0 Å². The monoisotopic (exact) mass is 334 g/mol. The first-order valence-corrected chi connectivity index (χ1v) is 8.37. The highest BCUT2D eigenvalue weighted by Crippen LogP contribution is 2.35. The zero-order chi connectivity index (χ0) is 15.5. The van der Waals surface area contributed by atoms with Crippen LogP contribution >= 0.6 is 23.2 Å². The quantitative estimate of drug-likeness (QED) is 0.816. The molecule has 22 heavy (non-hydrogen) atoms. The van der Waals surface area contributed by atoms with Gasteiger partial charge in [-0.15, -0.1) is 0 Å². The largest absolute Gasteiger partial charge is 0.317 e. The molecule has 1 radical (unpaired) electrons. The molecule has 1 aromatic rings. The van der Waals surface area contributed by atoms with Crippen molar-refractivity contribution in [3.8, 4) is 0 Å². The second-order valence-electron chi connectivity index (χ2n) is 5.66. The second kappa shape index (κ2) is 6.99. The summed E-state index contributed by atoms with van der Waals surface area (Å²) < 4.78 is 0. The lowest BCUT2D eigenvalue weighted by atomic mass is 9.80. The Morgan fingerprint density at radius 2 is 1.82 bits per heavy atom. The van der Waals surface area contributed by atoms with E-state index in [4.69, 9.17) is 23.2 Å². The summed E-state index contributed by atoms with van der Waals surface area (Å²) in [5.74, 6) is 0.364. The van der Waals surface area contributed by atoms with Crippen molar-refractivity contribution in [1.82, 2.24) is 5.32 Å². The summed E-state index contributed by atoms with van der Waals surface area (Å²) in [6.07, 6.45) is 9.13. The maximum atomic E-state index is 13.0. The van der Waals surface area contributed by atoms with Gasteiger partial charge in [-0.3, -0.25) is 4.79 Å². The molecule has 0 atom stereocenters. The van der Waals surface area contributed by atoms with Gasteiger partial charge in [0.1, 0.15) is 0 Å². The number of rotatable bonds is 3. The van der Waals surface area contributed by atoms with Crippen LogP contribution in [0.3, 0.4) is 0 Å². The topological polar surface area (TPSA) is 29.1 Å². The fraction of sp³-hybridized carbons (Fsp3) is 0.333. The molecule has 1 aliphatic heterocycles. The molecule has 1 heterocycles. The summed E-state index contributed by atoms with van der Waals surface area (Å²) in [5.41, 5.74) is 2.31. The van der Waals surface area contributed by atoms with Crippen molar-refractivity contribution in [3.63, 3.8) is 0 Å². The molecule has 2 nitrogen and oxygen atoms in total. The van der Waals surface area contributed by atoms with Gasteiger partial charge >= 0.3 is 0 Å². The van der Waals surface area contributed by atoms with Gasteiger partial charge in [-0.25, -0.2) is 0 Å². The Morgan fingerprint density at radius 3 is 2.50 bits per heavy atom. The smallest absolute Gasteiger partial charge is 0.195 e. The lowest BCUT2D eigenvalue weighted by molar-refractivity contribution is 0.103. The summed E-state index contributed by atoms with van der Waals surface area (Å²) >= 11 is 12.4. The van der Waals surface area contributed by atoms with Crippen LogP contribution in [-0.2, 0) is 0 Å². The van der Waals surface area contributed by atoms with E-state index in [1.165, 1.54) is 0 Å². The Morgan fingerprint density at radius 1 is 1.14 bits per heavy atom. The van der Waals surface area contributed by atoms with E-state index in [0.29, 0.717) is 21.5 Å². The number of hydrogen-bond acceptors (Lipinski definition) is 2. The lowest BCUT2D eigenvalue weighted by Gasteiger charge is -2.28. The van der Waals surface area contributed by atoms with Crippen LogP contribution in [0.25, 0.3) is 0 Å². The second-order valence-corrected chi connectivity index (χ2v) is 6.48. The Labute approximate surface area is 141 Å². The van der Waals surface area contributed by atoms with Crippen LogP contribution in [0.1, 0.15) is 29.6 Å². The molecule has 1 N–H and O–H groups in total. The molecule has 1 fully saturated rings. The van der Waals surface area contributed by atoms with Crippen LogP contribution in [0.2, 0.25) is 10.0 Å². The van der Waals surface area contributed by atoms with Crippen molar-refractivity contribution < 1.29 is 4.79 Å². The molecule has 1 saturated heterocycles. The SMILES string of the molecule is O=C(C1=C(C2CCNCC2)[CH]CC=C1)c1c(Cl)cccc1Cl. The average molecular weight is 335 g/mol. The fourth-order valence-electron chi connectivity index (χ4n) is 3.16. The average Bonchev–Trinajstić information content (AvgIpc) is 2.55. The number of hydrogen-bond donors (Lipinski definition) is 1. The van der Waals surface area contributed by atoms with Gasteiger partial charge in [0.15, 0.2) is 5.78 Å². The Balaban J connectivity index is 2.00. The van der Waals surface area contributed by atoms with Gasteiger partial charge in [0.05, 0.1) is 15.6 Å². The van der Waals surface area contributed by atoms with Gasteiger partial charge in [0.25, 0.3) is 0 Å². The molecule has 0 bridgehead atoms. The molecule has 0 saturated carbocycles. The van der Waals surface area contributed by atoms with Gasteiger partial charge in [-0.05, 0) is 56.8 Å². The van der Waals surface area contributed by atoms with E-state index in [1.807, 2.05) is 12.2 Å². The number of carbonyl (C=O) groups excluding carboxylic acids is 1. The Bertz CT molecular complexity index is 622. The van der Waals surface area contributed by atoms with E-state index in [1.54, 1.807) is 18.2 Å². The van der Waals surface area contributed by atoms with E-state index >= 15 is 0 Å². The predicted molar refractivity (Wildman–Crippen MR) is 91.5 cm³/mol. The van der Waals surface area contributed by atoms with Crippen LogP contribution in [0.4, 0.5) is 0 Å². The van der Waals surface area contributed by atoms with E-state index in [-0.39, 0.29) is 5.78 Å². The summed E-state index contributed by atoms with van der Waals surface area (Å²) in [6, 6.07) is 5.18. The van der Waals surface area contributed by atoms with Crippen molar-refractivity contribution in [2.75, 3.05) is 13.1 Å². The minimum Gasteiger partial charge on any atom is -0.317 e. The molecular weight excluding hydrogens is 317 g/mol. The molecule has 2 aliphatic rings. The van der Waals surface area contributed by atoms with Gasteiger partial charge in [0, 0.05) is 5.57 Å². The number of nitrogens with one attached hydrogen (secondary N) is 1. The highest BCUT2D eigenvalue weighted by molar-refractivity contribution is 6.41. The van der Waals surface area contributed by atoms with Gasteiger partial charge < -0.3 is 5.32 Å². The first kappa shape index (κ1) is 15.8. The van der Waals surface area contributed by atoms with E-state index in [0.717, 1.165) is 43.5 Å². The van der Waals surface area contributed by atoms with E-state index < -0.39 is 0 Å². The van der Waals surface area contributed by atoms with Crippen molar-refractivity contribution >= 4 is 29.0 Å². The number of allylic oxidation sites excluding steroid dienone is 4.